The second-order valence-electron chi connectivity index (χ2n) is 7.52. The molecule has 3 heterocycles. The van der Waals surface area contributed by atoms with Crippen molar-refractivity contribution in [3.63, 3.8) is 0 Å². The van der Waals surface area contributed by atoms with E-state index in [0.717, 1.165) is 53.0 Å². The van der Waals surface area contributed by atoms with E-state index in [1.165, 1.54) is 0 Å². The fourth-order valence-corrected chi connectivity index (χ4v) is 3.75. The molecule has 0 saturated heterocycles. The summed E-state index contributed by atoms with van der Waals surface area (Å²) in [6.07, 6.45) is 4.53. The number of nitrogens with zero attached hydrogens (tertiary/aromatic N) is 3. The van der Waals surface area contributed by atoms with Crippen molar-refractivity contribution in [2.45, 2.75) is 19.9 Å². The molecule has 10 nitrogen and oxygen atoms in total. The Morgan fingerprint density at radius 1 is 1.24 bits per heavy atom. The summed E-state index contributed by atoms with van der Waals surface area (Å²) < 4.78 is 7.51. The van der Waals surface area contributed by atoms with Gasteiger partial charge >= 0.3 is 0 Å². The first-order valence-electron chi connectivity index (χ1n) is 10.3. The van der Waals surface area contributed by atoms with Crippen LogP contribution in [0.5, 0.6) is 5.75 Å². The molecule has 5 aromatic rings. The third kappa shape index (κ3) is 4.41. The molecule has 10 heteroatoms. The van der Waals surface area contributed by atoms with E-state index < -0.39 is 5.97 Å². The molecule has 0 aliphatic heterocycles. The van der Waals surface area contributed by atoms with E-state index in [9.17, 15) is 4.79 Å². The van der Waals surface area contributed by atoms with E-state index in [0.29, 0.717) is 23.3 Å². The number of methoxy groups -OCH3 is 1. The van der Waals surface area contributed by atoms with Crippen molar-refractivity contribution < 1.29 is 14.6 Å². The van der Waals surface area contributed by atoms with E-state index in [2.05, 4.69) is 19.7 Å². The van der Waals surface area contributed by atoms with Crippen molar-refractivity contribution in [1.29, 1.82) is 0 Å². The van der Waals surface area contributed by atoms with Crippen molar-refractivity contribution in [1.82, 2.24) is 24.7 Å². The van der Waals surface area contributed by atoms with Gasteiger partial charge in [-0.1, -0.05) is 0 Å². The number of nitrogens with two attached hydrogens (primary N) is 1. The third-order valence-corrected chi connectivity index (χ3v) is 5.20. The van der Waals surface area contributed by atoms with Crippen LogP contribution in [0.15, 0.2) is 47.5 Å². The number of carboxylic acid groups (broad SMARTS) is 1. The molecule has 170 valence electrons. The summed E-state index contributed by atoms with van der Waals surface area (Å²) in [5.41, 5.74) is 9.86. The number of aromatic amines is 2. The van der Waals surface area contributed by atoms with Crippen LogP contribution in [-0.2, 0) is 11.3 Å². The number of aromatic nitrogens is 5. The maximum absolute atomic E-state index is 12.9. The lowest BCUT2D eigenvalue weighted by Gasteiger charge is -2.05. The minimum atomic E-state index is -0.833. The van der Waals surface area contributed by atoms with Crippen LogP contribution in [0.3, 0.4) is 0 Å². The Balaban J connectivity index is 0.000000601. The predicted octanol–water partition coefficient (Wildman–Crippen LogP) is 2.87. The second kappa shape index (κ2) is 9.13. The topological polar surface area (TPSA) is 152 Å². The van der Waals surface area contributed by atoms with Crippen LogP contribution in [-0.4, -0.2) is 49.5 Å². The number of benzene rings is 2. The minimum Gasteiger partial charge on any atom is -0.497 e. The number of ether oxygens (including phenoxy) is 1. The highest BCUT2D eigenvalue weighted by Crippen LogP contribution is 2.32. The van der Waals surface area contributed by atoms with Crippen molar-refractivity contribution in [2.24, 2.45) is 5.73 Å². The van der Waals surface area contributed by atoms with Crippen LogP contribution in [0.2, 0.25) is 0 Å². The van der Waals surface area contributed by atoms with Crippen molar-refractivity contribution in [3.05, 3.63) is 53.1 Å². The Morgan fingerprint density at radius 3 is 2.76 bits per heavy atom. The molecule has 0 aliphatic rings. The molecular weight excluding hydrogens is 424 g/mol. The van der Waals surface area contributed by atoms with Crippen molar-refractivity contribution in [3.8, 4) is 17.0 Å². The van der Waals surface area contributed by atoms with E-state index in [4.69, 9.17) is 25.4 Å². The predicted molar refractivity (Wildman–Crippen MR) is 126 cm³/mol. The number of nitrogens with one attached hydrogen (secondary N) is 2. The SMILES string of the molecule is CC(=O)O.COc1ccc2c(c1)c(-c1nc3cc4[nH]ncc4cc3[nH]c1=O)cn2CCCN. The van der Waals surface area contributed by atoms with Gasteiger partial charge in [0.1, 0.15) is 11.4 Å². The number of hydrogen-bond acceptors (Lipinski definition) is 6. The molecule has 5 N–H and O–H groups in total. The van der Waals surface area contributed by atoms with Gasteiger partial charge in [0, 0.05) is 41.5 Å². The van der Waals surface area contributed by atoms with Gasteiger partial charge < -0.3 is 25.1 Å². The lowest BCUT2D eigenvalue weighted by atomic mass is 10.1. The number of fused-ring (bicyclic) bond motifs is 3. The van der Waals surface area contributed by atoms with E-state index >= 15 is 0 Å². The fraction of sp³-hybridized carbons (Fsp3) is 0.217. The van der Waals surface area contributed by atoms with Gasteiger partial charge in [0.2, 0.25) is 0 Å². The highest BCUT2D eigenvalue weighted by Gasteiger charge is 2.16. The average Bonchev–Trinajstić information content (AvgIpc) is 3.38. The molecule has 2 aromatic carbocycles. The summed E-state index contributed by atoms with van der Waals surface area (Å²) in [6.45, 7) is 2.44. The Hall–Kier alpha value is -4.18. The van der Waals surface area contributed by atoms with E-state index in [1.807, 2.05) is 36.5 Å². The monoisotopic (exact) mass is 448 g/mol. The second-order valence-corrected chi connectivity index (χ2v) is 7.52. The number of aryl methyl sites for hydroxylation is 1. The summed E-state index contributed by atoms with van der Waals surface area (Å²) in [7, 11) is 1.63. The molecule has 0 unspecified atom stereocenters. The van der Waals surface area contributed by atoms with Crippen LogP contribution in [0.4, 0.5) is 0 Å². The standard InChI is InChI=1S/C21H20N6O2.C2H4O2/c1-29-13-3-4-19-14(8-13)15(11-27(19)6-2-5-22)20-21(28)25-17-7-12-10-23-26-16(12)9-18(17)24-20;1-2(3)4/h3-4,7-11H,2,5-6,22H2,1H3,(H,23,26)(H,25,28);1H3,(H,3,4). The Morgan fingerprint density at radius 2 is 2.03 bits per heavy atom. The van der Waals surface area contributed by atoms with Gasteiger partial charge in [0.15, 0.2) is 0 Å². The van der Waals surface area contributed by atoms with Crippen molar-refractivity contribution in [2.75, 3.05) is 13.7 Å². The number of aliphatic carboxylic acids is 1. The maximum atomic E-state index is 12.9. The van der Waals surface area contributed by atoms with Gasteiger partial charge in [0.25, 0.3) is 11.5 Å². The summed E-state index contributed by atoms with van der Waals surface area (Å²) in [5, 5.41) is 16.2. The molecular formula is C23H24N6O4. The molecule has 5 rings (SSSR count). The first kappa shape index (κ1) is 22.0. The van der Waals surface area contributed by atoms with Gasteiger partial charge in [-0.05, 0) is 43.3 Å². The van der Waals surface area contributed by atoms with Crippen LogP contribution >= 0.6 is 0 Å². The highest BCUT2D eigenvalue weighted by atomic mass is 16.5. The van der Waals surface area contributed by atoms with Crippen molar-refractivity contribution >= 4 is 38.8 Å². The summed E-state index contributed by atoms with van der Waals surface area (Å²) in [5.74, 6) is -0.105. The number of carboxylic acids is 1. The lowest BCUT2D eigenvalue weighted by molar-refractivity contribution is -0.134. The van der Waals surface area contributed by atoms with Crippen LogP contribution < -0.4 is 16.0 Å². The summed E-state index contributed by atoms with van der Waals surface area (Å²) >= 11 is 0. The maximum Gasteiger partial charge on any atom is 0.300 e. The normalized spacial score (nSPS) is 11.0. The quantitative estimate of drug-likeness (QED) is 0.322. The van der Waals surface area contributed by atoms with Gasteiger partial charge in [-0.15, -0.1) is 0 Å². The highest BCUT2D eigenvalue weighted by molar-refractivity contribution is 5.98. The first-order valence-corrected chi connectivity index (χ1v) is 10.3. The summed E-state index contributed by atoms with van der Waals surface area (Å²) in [4.78, 5) is 29.6. The number of rotatable bonds is 5. The van der Waals surface area contributed by atoms with Gasteiger partial charge in [-0.25, -0.2) is 4.98 Å². The smallest absolute Gasteiger partial charge is 0.300 e. The Bertz CT molecular complexity index is 1510. The van der Waals surface area contributed by atoms with E-state index in [-0.39, 0.29) is 5.56 Å². The van der Waals surface area contributed by atoms with Crippen LogP contribution in [0.1, 0.15) is 13.3 Å². The molecule has 33 heavy (non-hydrogen) atoms. The molecule has 0 saturated carbocycles. The zero-order chi connectivity index (χ0) is 23.5. The van der Waals surface area contributed by atoms with Gasteiger partial charge in [-0.3, -0.25) is 14.7 Å². The third-order valence-electron chi connectivity index (χ3n) is 5.20. The molecule has 0 bridgehead atoms. The number of H-pyrrole nitrogens is 2. The van der Waals surface area contributed by atoms with Gasteiger partial charge in [0.05, 0.1) is 29.9 Å². The fourth-order valence-electron chi connectivity index (χ4n) is 3.75. The molecule has 0 amide bonds. The zero-order valence-corrected chi connectivity index (χ0v) is 18.3. The molecule has 3 aromatic heterocycles. The molecule has 0 fully saturated rings. The zero-order valence-electron chi connectivity index (χ0n) is 18.3. The molecule has 0 radical (unpaired) electrons. The molecule has 0 spiro atoms. The Labute approximate surface area is 188 Å². The number of hydrogen-bond donors (Lipinski definition) is 4. The largest absolute Gasteiger partial charge is 0.497 e. The average molecular weight is 448 g/mol. The van der Waals surface area contributed by atoms with Crippen LogP contribution in [0, 0.1) is 0 Å². The van der Waals surface area contributed by atoms with E-state index in [1.54, 1.807) is 13.3 Å². The number of carbonyl (C=O) groups is 1. The van der Waals surface area contributed by atoms with Crippen LogP contribution in [0.25, 0.3) is 44.1 Å². The lowest BCUT2D eigenvalue weighted by Crippen LogP contribution is -2.11. The Kier molecular flexibility index (Phi) is 6.09. The minimum absolute atomic E-state index is 0.235. The molecule has 0 atom stereocenters. The van der Waals surface area contributed by atoms with Gasteiger partial charge in [-0.2, -0.15) is 5.10 Å². The first-order chi connectivity index (χ1) is 15.9. The molecule has 0 aliphatic carbocycles. The summed E-state index contributed by atoms with van der Waals surface area (Å²) in [6, 6.07) is 9.62.